The third kappa shape index (κ3) is 1.80. The summed E-state index contributed by atoms with van der Waals surface area (Å²) in [5, 5.41) is 1.24. The van der Waals surface area contributed by atoms with Crippen molar-refractivity contribution in [2.75, 3.05) is 0 Å². The monoisotopic (exact) mass is 219 g/mol. The highest BCUT2D eigenvalue weighted by atomic mass is 79.9. The van der Waals surface area contributed by atoms with Crippen LogP contribution in [0.1, 0.15) is 24.0 Å². The van der Waals surface area contributed by atoms with Crippen LogP contribution in [0.2, 0.25) is 0 Å². The fraction of sp³-hybridized carbons (Fsp3) is 0.571. The Morgan fingerprint density at radius 3 is 2.70 bits per heavy atom. The first-order valence-corrected chi connectivity index (χ1v) is 4.96. The van der Waals surface area contributed by atoms with Crippen molar-refractivity contribution in [3.63, 3.8) is 0 Å². The molecule has 0 aromatic carbocycles. The average molecular weight is 220 g/mol. The summed E-state index contributed by atoms with van der Waals surface area (Å²) in [6, 6.07) is 0. The van der Waals surface area contributed by atoms with Crippen LogP contribution in [0.25, 0.3) is 0 Å². The largest absolute Gasteiger partial charge is 0.245 e. The average Bonchev–Trinajstić information content (AvgIpc) is 2.14. The second-order valence-electron chi connectivity index (χ2n) is 2.22. The number of hydrogen-bond donors (Lipinski definition) is 0. The van der Waals surface area contributed by atoms with Crippen LogP contribution in [0, 0.1) is 6.92 Å². The summed E-state index contributed by atoms with van der Waals surface area (Å²) in [5.74, 6) is 0. The number of aryl methyl sites for hydroxylation is 2. The molecule has 0 aliphatic rings. The molecule has 1 aromatic rings. The number of aromatic nitrogens is 1. The minimum atomic E-state index is 1.11. The highest BCUT2D eigenvalue weighted by Gasteiger charge is 2.02. The van der Waals surface area contributed by atoms with Crippen LogP contribution in [0.3, 0.4) is 0 Å². The summed E-state index contributed by atoms with van der Waals surface area (Å²) in [6.07, 6.45) is 2.29. The minimum absolute atomic E-state index is 1.11. The summed E-state index contributed by atoms with van der Waals surface area (Å²) in [4.78, 5) is 4.37. The summed E-state index contributed by atoms with van der Waals surface area (Å²) in [5.41, 5.74) is 1.12. The molecular formula is C7H10BrNS. The second-order valence-corrected chi connectivity index (χ2v) is 4.62. The van der Waals surface area contributed by atoms with Crippen molar-refractivity contribution in [3.05, 3.63) is 14.5 Å². The van der Waals surface area contributed by atoms with Gasteiger partial charge in [-0.25, -0.2) is 4.98 Å². The van der Waals surface area contributed by atoms with E-state index in [0.717, 1.165) is 12.1 Å². The Kier molecular flexibility index (Phi) is 2.86. The van der Waals surface area contributed by atoms with Crippen molar-refractivity contribution in [2.24, 2.45) is 0 Å². The van der Waals surface area contributed by atoms with Crippen molar-refractivity contribution in [1.29, 1.82) is 0 Å². The summed E-state index contributed by atoms with van der Waals surface area (Å²) in [6.45, 7) is 4.20. The molecule has 0 amide bonds. The smallest absolute Gasteiger partial charge is 0.0940 e. The van der Waals surface area contributed by atoms with Gasteiger partial charge in [-0.15, -0.1) is 11.3 Å². The SMILES string of the molecule is CCCc1nc(C)c(Br)s1. The minimum Gasteiger partial charge on any atom is -0.245 e. The Bertz CT molecular complexity index is 200. The number of nitrogens with zero attached hydrogens (tertiary/aromatic N) is 1. The first-order valence-electron chi connectivity index (χ1n) is 3.36. The summed E-state index contributed by atoms with van der Waals surface area (Å²) < 4.78 is 1.18. The van der Waals surface area contributed by atoms with Crippen LogP contribution in [0.5, 0.6) is 0 Å². The van der Waals surface area contributed by atoms with Gasteiger partial charge in [0.2, 0.25) is 0 Å². The van der Waals surface area contributed by atoms with Gasteiger partial charge in [0.25, 0.3) is 0 Å². The molecule has 1 nitrogen and oxygen atoms in total. The summed E-state index contributed by atoms with van der Waals surface area (Å²) in [7, 11) is 0. The van der Waals surface area contributed by atoms with Gasteiger partial charge in [0.05, 0.1) is 14.5 Å². The van der Waals surface area contributed by atoms with Crippen molar-refractivity contribution in [2.45, 2.75) is 26.7 Å². The second kappa shape index (κ2) is 3.49. The van der Waals surface area contributed by atoms with E-state index in [-0.39, 0.29) is 0 Å². The standard InChI is InChI=1S/C7H10BrNS/c1-3-4-6-9-5(2)7(8)10-6/h3-4H2,1-2H3. The lowest BCUT2D eigenvalue weighted by Gasteiger charge is -1.85. The molecule has 0 aliphatic heterocycles. The maximum Gasteiger partial charge on any atom is 0.0940 e. The van der Waals surface area contributed by atoms with E-state index in [2.05, 4.69) is 27.8 Å². The fourth-order valence-corrected chi connectivity index (χ4v) is 2.29. The lowest BCUT2D eigenvalue weighted by Crippen LogP contribution is -1.79. The highest BCUT2D eigenvalue weighted by Crippen LogP contribution is 2.24. The van der Waals surface area contributed by atoms with Gasteiger partial charge >= 0.3 is 0 Å². The van der Waals surface area contributed by atoms with Gasteiger partial charge in [-0.3, -0.25) is 0 Å². The molecule has 0 fully saturated rings. The molecule has 1 aromatic heterocycles. The molecule has 0 radical (unpaired) electrons. The van der Waals surface area contributed by atoms with Gasteiger partial charge in [-0.1, -0.05) is 6.92 Å². The predicted molar refractivity (Wildman–Crippen MR) is 48.5 cm³/mol. The number of thiazole rings is 1. The molecule has 1 rings (SSSR count). The van der Waals surface area contributed by atoms with Gasteiger partial charge in [0, 0.05) is 0 Å². The zero-order valence-corrected chi connectivity index (χ0v) is 8.55. The predicted octanol–water partition coefficient (Wildman–Crippen LogP) is 3.17. The van der Waals surface area contributed by atoms with Gasteiger partial charge in [0.1, 0.15) is 0 Å². The quantitative estimate of drug-likeness (QED) is 0.745. The molecule has 0 saturated heterocycles. The molecule has 0 unspecified atom stereocenters. The molecule has 0 saturated carbocycles. The molecule has 10 heavy (non-hydrogen) atoms. The van der Waals surface area contributed by atoms with Crippen molar-refractivity contribution < 1.29 is 0 Å². The van der Waals surface area contributed by atoms with Gasteiger partial charge in [-0.2, -0.15) is 0 Å². The Morgan fingerprint density at radius 1 is 1.60 bits per heavy atom. The topological polar surface area (TPSA) is 12.9 Å². The normalized spacial score (nSPS) is 10.3. The van der Waals surface area contributed by atoms with Crippen LogP contribution in [0.4, 0.5) is 0 Å². The zero-order valence-electron chi connectivity index (χ0n) is 6.15. The number of rotatable bonds is 2. The third-order valence-corrected chi connectivity index (χ3v) is 3.31. The molecule has 0 spiro atoms. The van der Waals surface area contributed by atoms with Crippen LogP contribution in [-0.2, 0) is 6.42 Å². The molecule has 0 atom stereocenters. The molecule has 3 heteroatoms. The highest BCUT2D eigenvalue weighted by molar-refractivity contribution is 9.11. The molecular weight excluding hydrogens is 210 g/mol. The van der Waals surface area contributed by atoms with Crippen molar-refractivity contribution in [3.8, 4) is 0 Å². The molecule has 0 N–H and O–H groups in total. The first kappa shape index (κ1) is 8.21. The Morgan fingerprint density at radius 2 is 2.30 bits per heavy atom. The van der Waals surface area contributed by atoms with Crippen LogP contribution in [-0.4, -0.2) is 4.98 Å². The number of hydrogen-bond acceptors (Lipinski definition) is 2. The van der Waals surface area contributed by atoms with E-state index in [4.69, 9.17) is 0 Å². The van der Waals surface area contributed by atoms with Crippen LogP contribution < -0.4 is 0 Å². The fourth-order valence-electron chi connectivity index (χ4n) is 0.752. The van der Waals surface area contributed by atoms with Crippen molar-refractivity contribution >= 4 is 27.3 Å². The van der Waals surface area contributed by atoms with E-state index in [9.17, 15) is 0 Å². The van der Waals surface area contributed by atoms with E-state index in [1.165, 1.54) is 15.2 Å². The Balaban J connectivity index is 2.77. The third-order valence-electron chi connectivity index (χ3n) is 1.25. The van der Waals surface area contributed by atoms with Crippen molar-refractivity contribution in [1.82, 2.24) is 4.98 Å². The van der Waals surface area contributed by atoms with E-state index in [1.54, 1.807) is 11.3 Å². The molecule has 0 bridgehead atoms. The summed E-state index contributed by atoms with van der Waals surface area (Å²) >= 11 is 5.19. The Labute approximate surface area is 73.6 Å². The van der Waals surface area contributed by atoms with Gasteiger partial charge in [-0.05, 0) is 35.7 Å². The molecule has 1 heterocycles. The van der Waals surface area contributed by atoms with Crippen LogP contribution >= 0.6 is 27.3 Å². The van der Waals surface area contributed by atoms with E-state index in [0.29, 0.717) is 0 Å². The maximum atomic E-state index is 4.37. The maximum absolute atomic E-state index is 4.37. The van der Waals surface area contributed by atoms with Gasteiger partial charge in [0.15, 0.2) is 0 Å². The van der Waals surface area contributed by atoms with E-state index < -0.39 is 0 Å². The van der Waals surface area contributed by atoms with E-state index in [1.807, 2.05) is 6.92 Å². The zero-order chi connectivity index (χ0) is 7.56. The van der Waals surface area contributed by atoms with Gasteiger partial charge < -0.3 is 0 Å². The molecule has 0 aliphatic carbocycles. The van der Waals surface area contributed by atoms with Crippen LogP contribution in [0.15, 0.2) is 3.79 Å². The van der Waals surface area contributed by atoms with E-state index >= 15 is 0 Å². The lowest BCUT2D eigenvalue weighted by atomic mass is 10.3. The lowest BCUT2D eigenvalue weighted by molar-refractivity contribution is 0.903. The molecule has 56 valence electrons. The Hall–Kier alpha value is 0.110. The number of halogens is 1. The first-order chi connectivity index (χ1) is 4.74.